The molecule has 0 saturated heterocycles. The second kappa shape index (κ2) is 8.60. The van der Waals surface area contributed by atoms with Crippen molar-refractivity contribution in [3.8, 4) is 5.75 Å². The SMILES string of the molecule is C[C@@]12CCCC[C@H]1[C@@H]2C(=O)N/N=C\c1cc(Br)cc(Br)c1OCc1ccccc1. The number of halogens is 2. The van der Waals surface area contributed by atoms with Crippen LogP contribution in [-0.2, 0) is 11.4 Å². The molecule has 29 heavy (non-hydrogen) atoms. The first-order chi connectivity index (χ1) is 14.0. The van der Waals surface area contributed by atoms with Gasteiger partial charge >= 0.3 is 0 Å². The Kier molecular flexibility index (Phi) is 6.11. The molecule has 0 spiro atoms. The number of amides is 1. The zero-order chi connectivity index (χ0) is 20.4. The number of fused-ring (bicyclic) bond motifs is 1. The molecule has 0 aromatic heterocycles. The molecule has 152 valence electrons. The number of hydrogen-bond donors (Lipinski definition) is 1. The van der Waals surface area contributed by atoms with Gasteiger partial charge in [-0.15, -0.1) is 0 Å². The van der Waals surface area contributed by atoms with Crippen molar-refractivity contribution < 1.29 is 9.53 Å². The van der Waals surface area contributed by atoms with Crippen molar-refractivity contribution in [1.29, 1.82) is 0 Å². The monoisotopic (exact) mass is 518 g/mol. The molecule has 0 heterocycles. The van der Waals surface area contributed by atoms with E-state index in [2.05, 4.69) is 49.3 Å². The van der Waals surface area contributed by atoms with E-state index in [0.717, 1.165) is 32.9 Å². The van der Waals surface area contributed by atoms with E-state index in [4.69, 9.17) is 4.74 Å². The van der Waals surface area contributed by atoms with Crippen molar-refractivity contribution in [3.05, 3.63) is 62.5 Å². The lowest BCUT2D eigenvalue weighted by molar-refractivity contribution is -0.123. The van der Waals surface area contributed by atoms with Crippen molar-refractivity contribution in [2.45, 2.75) is 39.2 Å². The molecule has 0 aliphatic heterocycles. The maximum absolute atomic E-state index is 12.6. The molecule has 2 aromatic carbocycles. The molecular formula is C23H24Br2N2O2. The maximum atomic E-state index is 12.6. The summed E-state index contributed by atoms with van der Waals surface area (Å²) in [5.74, 6) is 1.36. The summed E-state index contributed by atoms with van der Waals surface area (Å²) in [5.41, 5.74) is 4.82. The van der Waals surface area contributed by atoms with Crippen LogP contribution in [0.2, 0.25) is 0 Å². The Balaban J connectivity index is 1.44. The van der Waals surface area contributed by atoms with Gasteiger partial charge in [0.2, 0.25) is 5.91 Å². The Morgan fingerprint density at radius 1 is 1.28 bits per heavy atom. The van der Waals surface area contributed by atoms with Gasteiger partial charge in [-0.3, -0.25) is 4.79 Å². The summed E-state index contributed by atoms with van der Waals surface area (Å²) in [6.07, 6.45) is 6.43. The van der Waals surface area contributed by atoms with Crippen LogP contribution in [0.5, 0.6) is 5.75 Å². The van der Waals surface area contributed by atoms with E-state index in [1.54, 1.807) is 6.21 Å². The summed E-state index contributed by atoms with van der Waals surface area (Å²) in [7, 11) is 0. The van der Waals surface area contributed by atoms with E-state index in [-0.39, 0.29) is 17.2 Å². The van der Waals surface area contributed by atoms with E-state index in [1.807, 2.05) is 42.5 Å². The second-order valence-electron chi connectivity index (χ2n) is 8.15. The van der Waals surface area contributed by atoms with Crippen LogP contribution in [-0.4, -0.2) is 12.1 Å². The van der Waals surface area contributed by atoms with E-state index >= 15 is 0 Å². The Labute approximate surface area is 188 Å². The fraction of sp³-hybridized carbons (Fsp3) is 0.391. The highest BCUT2D eigenvalue weighted by Gasteiger charge is 2.64. The summed E-state index contributed by atoms with van der Waals surface area (Å²) < 4.78 is 7.79. The van der Waals surface area contributed by atoms with Crippen LogP contribution < -0.4 is 10.2 Å². The molecule has 1 N–H and O–H groups in total. The third kappa shape index (κ3) is 4.43. The molecule has 2 aliphatic carbocycles. The molecular weight excluding hydrogens is 496 g/mol. The molecule has 4 rings (SSSR count). The van der Waals surface area contributed by atoms with Crippen molar-refractivity contribution >= 4 is 44.0 Å². The van der Waals surface area contributed by atoms with Crippen molar-refractivity contribution in [1.82, 2.24) is 5.43 Å². The van der Waals surface area contributed by atoms with E-state index in [9.17, 15) is 4.79 Å². The summed E-state index contributed by atoms with van der Waals surface area (Å²) in [6, 6.07) is 13.9. The normalized spacial score (nSPS) is 25.5. The summed E-state index contributed by atoms with van der Waals surface area (Å²) in [6.45, 7) is 2.70. The van der Waals surface area contributed by atoms with Crippen molar-refractivity contribution in [2.75, 3.05) is 0 Å². The van der Waals surface area contributed by atoms with Gasteiger partial charge in [0.05, 0.1) is 10.7 Å². The zero-order valence-corrected chi connectivity index (χ0v) is 19.5. The molecule has 6 heteroatoms. The Bertz CT molecular complexity index is 932. The van der Waals surface area contributed by atoms with Gasteiger partial charge < -0.3 is 4.74 Å². The topological polar surface area (TPSA) is 50.7 Å². The maximum Gasteiger partial charge on any atom is 0.244 e. The number of hydrazone groups is 1. The van der Waals surface area contributed by atoms with E-state index < -0.39 is 0 Å². The first-order valence-electron chi connectivity index (χ1n) is 9.98. The Morgan fingerprint density at radius 3 is 2.79 bits per heavy atom. The van der Waals surface area contributed by atoms with E-state index in [1.165, 1.54) is 12.8 Å². The second-order valence-corrected chi connectivity index (χ2v) is 9.92. The van der Waals surface area contributed by atoms with Gasteiger partial charge in [0.15, 0.2) is 0 Å². The molecule has 0 unspecified atom stereocenters. The minimum absolute atomic E-state index is 0.0384. The predicted octanol–water partition coefficient (Wildman–Crippen LogP) is 6.07. The van der Waals surface area contributed by atoms with Crippen LogP contribution in [0, 0.1) is 17.3 Å². The number of benzene rings is 2. The smallest absolute Gasteiger partial charge is 0.244 e. The third-order valence-corrected chi connectivity index (χ3v) is 7.30. The quantitative estimate of drug-likeness (QED) is 0.372. The molecule has 0 radical (unpaired) electrons. The summed E-state index contributed by atoms with van der Waals surface area (Å²) in [5, 5.41) is 4.24. The van der Waals surface area contributed by atoms with Crippen LogP contribution in [0.4, 0.5) is 0 Å². The van der Waals surface area contributed by atoms with Gasteiger partial charge in [0.1, 0.15) is 12.4 Å². The molecule has 0 bridgehead atoms. The summed E-state index contributed by atoms with van der Waals surface area (Å²) >= 11 is 7.08. The van der Waals surface area contributed by atoms with Gasteiger partial charge in [0, 0.05) is 16.0 Å². The van der Waals surface area contributed by atoms with Crippen LogP contribution in [0.1, 0.15) is 43.7 Å². The van der Waals surface area contributed by atoms with Gasteiger partial charge in [-0.1, -0.05) is 66.0 Å². The minimum Gasteiger partial charge on any atom is -0.487 e. The molecule has 2 aliphatic rings. The zero-order valence-electron chi connectivity index (χ0n) is 16.3. The molecule has 2 aromatic rings. The van der Waals surface area contributed by atoms with Crippen molar-refractivity contribution in [3.63, 3.8) is 0 Å². The molecule has 2 saturated carbocycles. The first-order valence-corrected chi connectivity index (χ1v) is 11.6. The van der Waals surface area contributed by atoms with Crippen LogP contribution in [0.25, 0.3) is 0 Å². The predicted molar refractivity (Wildman–Crippen MR) is 122 cm³/mol. The largest absolute Gasteiger partial charge is 0.487 e. The Hall–Kier alpha value is -1.66. The average Bonchev–Trinajstić information content (AvgIpc) is 3.33. The first kappa shape index (κ1) is 20.6. The Morgan fingerprint density at radius 2 is 2.07 bits per heavy atom. The highest BCUT2D eigenvalue weighted by molar-refractivity contribution is 9.11. The summed E-state index contributed by atoms with van der Waals surface area (Å²) in [4.78, 5) is 12.6. The van der Waals surface area contributed by atoms with Crippen LogP contribution in [0.15, 0.2) is 56.5 Å². The van der Waals surface area contributed by atoms with Crippen LogP contribution >= 0.6 is 31.9 Å². The number of nitrogens with one attached hydrogen (secondary N) is 1. The molecule has 1 amide bonds. The molecule has 3 atom stereocenters. The number of ether oxygens (including phenoxy) is 1. The lowest BCUT2D eigenvalue weighted by atomic mass is 9.90. The fourth-order valence-electron chi connectivity index (χ4n) is 4.64. The van der Waals surface area contributed by atoms with Gasteiger partial charge in [-0.2, -0.15) is 5.10 Å². The minimum atomic E-state index is 0.0384. The van der Waals surface area contributed by atoms with Crippen LogP contribution in [0.3, 0.4) is 0 Å². The fourth-order valence-corrected chi connectivity index (χ4v) is 6.02. The van der Waals surface area contributed by atoms with Gasteiger partial charge in [0.25, 0.3) is 0 Å². The van der Waals surface area contributed by atoms with Gasteiger partial charge in [-0.25, -0.2) is 5.43 Å². The molecule has 2 fully saturated rings. The number of carbonyl (C=O) groups excluding carboxylic acids is 1. The number of nitrogens with zero attached hydrogens (tertiary/aromatic N) is 1. The number of carbonyl (C=O) groups is 1. The standard InChI is InChI=1S/C23H24Br2N2O2/c1-23-10-6-5-9-18(23)20(23)22(28)27-26-13-16-11-17(24)12-19(25)21(16)29-14-15-7-3-2-4-8-15/h2-4,7-8,11-13,18,20H,5-6,9-10,14H2,1H3,(H,27,28)/b26-13-/t18-,20+,23+/m0/s1. The highest BCUT2D eigenvalue weighted by atomic mass is 79.9. The third-order valence-electron chi connectivity index (χ3n) is 6.26. The lowest BCUT2D eigenvalue weighted by Gasteiger charge is -2.15. The van der Waals surface area contributed by atoms with E-state index in [0.29, 0.717) is 18.3 Å². The average molecular weight is 520 g/mol. The number of rotatable bonds is 6. The van der Waals surface area contributed by atoms with Gasteiger partial charge in [-0.05, 0) is 57.8 Å². The lowest BCUT2D eigenvalue weighted by Crippen LogP contribution is -2.22. The van der Waals surface area contributed by atoms with Crippen molar-refractivity contribution in [2.24, 2.45) is 22.4 Å². The molecule has 4 nitrogen and oxygen atoms in total. The number of hydrogen-bond acceptors (Lipinski definition) is 3. The highest BCUT2D eigenvalue weighted by Crippen LogP contribution is 2.66.